The number of carbonyl (C=O) groups excluding carboxylic acids is 1. The van der Waals surface area contributed by atoms with E-state index in [-0.39, 0.29) is 21.6 Å². The summed E-state index contributed by atoms with van der Waals surface area (Å²) < 4.78 is 33.0. The number of hydrogen-bond donors (Lipinski definition) is 1. The largest absolute Gasteiger partial charge is 0.495 e. The molecule has 1 N–H and O–H groups in total. The first-order valence-electron chi connectivity index (χ1n) is 8.53. The van der Waals surface area contributed by atoms with E-state index in [9.17, 15) is 13.2 Å². The van der Waals surface area contributed by atoms with Crippen molar-refractivity contribution in [2.45, 2.75) is 30.8 Å². The highest BCUT2D eigenvalue weighted by Gasteiger charge is 2.29. The van der Waals surface area contributed by atoms with Gasteiger partial charge < -0.3 is 9.64 Å². The Morgan fingerprint density at radius 1 is 1.22 bits per heavy atom. The lowest BCUT2D eigenvalue weighted by Gasteiger charge is -2.31. The topological polar surface area (TPSA) is 75.7 Å². The van der Waals surface area contributed by atoms with Gasteiger partial charge in [0.05, 0.1) is 13.2 Å². The Morgan fingerprint density at radius 3 is 2.63 bits per heavy atom. The number of fused-ring (bicyclic) bond motifs is 1. The van der Waals surface area contributed by atoms with E-state index in [0.29, 0.717) is 13.1 Å². The molecule has 8 heteroatoms. The Labute approximate surface area is 164 Å². The lowest BCUT2D eigenvalue weighted by Crippen LogP contribution is -2.48. The number of methoxy groups -OCH3 is 1. The van der Waals surface area contributed by atoms with Crippen LogP contribution in [0.25, 0.3) is 0 Å². The molecule has 0 spiro atoms. The minimum atomic E-state index is -3.98. The summed E-state index contributed by atoms with van der Waals surface area (Å²) >= 11 is 5.93. The van der Waals surface area contributed by atoms with Gasteiger partial charge in [0.2, 0.25) is 15.9 Å². The molecule has 0 saturated heterocycles. The van der Waals surface area contributed by atoms with Crippen LogP contribution in [0.3, 0.4) is 0 Å². The Balaban J connectivity index is 1.76. The van der Waals surface area contributed by atoms with Crippen LogP contribution >= 0.6 is 11.6 Å². The smallest absolute Gasteiger partial charge is 0.245 e. The van der Waals surface area contributed by atoms with E-state index in [1.54, 1.807) is 11.0 Å². The highest BCUT2D eigenvalue weighted by atomic mass is 35.5. The minimum Gasteiger partial charge on any atom is -0.495 e. The van der Waals surface area contributed by atoms with Gasteiger partial charge >= 0.3 is 0 Å². The van der Waals surface area contributed by atoms with Gasteiger partial charge in [-0.1, -0.05) is 35.9 Å². The van der Waals surface area contributed by atoms with E-state index in [1.165, 1.54) is 31.7 Å². The van der Waals surface area contributed by atoms with E-state index in [0.717, 1.165) is 12.0 Å². The second-order valence-corrected chi connectivity index (χ2v) is 8.54. The van der Waals surface area contributed by atoms with Gasteiger partial charge in [-0.2, -0.15) is 4.72 Å². The van der Waals surface area contributed by atoms with Gasteiger partial charge in [0.15, 0.2) is 0 Å². The Hall–Kier alpha value is -2.09. The van der Waals surface area contributed by atoms with E-state index >= 15 is 0 Å². The summed E-state index contributed by atoms with van der Waals surface area (Å²) in [4.78, 5) is 14.4. The van der Waals surface area contributed by atoms with Gasteiger partial charge in [0.1, 0.15) is 10.6 Å². The van der Waals surface area contributed by atoms with Gasteiger partial charge in [-0.15, -0.1) is 0 Å². The molecule has 0 unspecified atom stereocenters. The fourth-order valence-corrected chi connectivity index (χ4v) is 4.79. The molecule has 3 rings (SSSR count). The number of nitrogens with one attached hydrogen (secondary N) is 1. The van der Waals surface area contributed by atoms with Crippen molar-refractivity contribution in [3.8, 4) is 5.75 Å². The van der Waals surface area contributed by atoms with Crippen LogP contribution in [0.15, 0.2) is 47.4 Å². The van der Waals surface area contributed by atoms with E-state index in [2.05, 4.69) is 10.8 Å². The molecule has 0 fully saturated rings. The van der Waals surface area contributed by atoms with Gasteiger partial charge in [0, 0.05) is 18.1 Å². The van der Waals surface area contributed by atoms with Crippen molar-refractivity contribution >= 4 is 27.5 Å². The number of benzene rings is 2. The van der Waals surface area contributed by atoms with E-state index in [4.69, 9.17) is 16.3 Å². The average Bonchev–Trinajstić information content (AvgIpc) is 2.66. The van der Waals surface area contributed by atoms with E-state index in [1.807, 2.05) is 18.2 Å². The molecule has 144 valence electrons. The first kappa shape index (κ1) is 19.7. The summed E-state index contributed by atoms with van der Waals surface area (Å²) in [7, 11) is -2.60. The number of amides is 1. The lowest BCUT2D eigenvalue weighted by molar-refractivity contribution is -0.133. The number of halogens is 1. The molecule has 1 heterocycles. The molecular formula is C19H21ClN2O4S. The maximum atomic E-state index is 12.8. The maximum absolute atomic E-state index is 12.8. The summed E-state index contributed by atoms with van der Waals surface area (Å²) in [6.45, 7) is 2.57. The molecule has 0 aromatic heterocycles. The normalized spacial score (nSPS) is 15.1. The highest BCUT2D eigenvalue weighted by molar-refractivity contribution is 7.89. The number of carbonyl (C=O) groups is 1. The van der Waals surface area contributed by atoms with Crippen molar-refractivity contribution in [3.63, 3.8) is 0 Å². The minimum absolute atomic E-state index is 0.0962. The Kier molecular flexibility index (Phi) is 5.74. The molecule has 0 bridgehead atoms. The standard InChI is InChI=1S/C19H21ClN2O4S/c1-13(19(23)22-10-9-14-5-3-4-6-15(14)12-22)21-27(24,25)18-11-16(20)7-8-17(18)26-2/h3-8,11,13,21H,9-10,12H2,1-2H3/t13-/m0/s1. The predicted molar refractivity (Wildman–Crippen MR) is 103 cm³/mol. The highest BCUT2D eigenvalue weighted by Crippen LogP contribution is 2.27. The number of nitrogens with zero attached hydrogens (tertiary/aromatic N) is 1. The molecule has 1 aliphatic heterocycles. The van der Waals surface area contributed by atoms with Crippen molar-refractivity contribution < 1.29 is 17.9 Å². The van der Waals surface area contributed by atoms with Crippen molar-refractivity contribution in [3.05, 3.63) is 58.6 Å². The average molecular weight is 409 g/mol. The van der Waals surface area contributed by atoms with Crippen LogP contribution in [0.2, 0.25) is 5.02 Å². The molecule has 0 radical (unpaired) electrons. The van der Waals surface area contributed by atoms with E-state index < -0.39 is 16.1 Å². The third-order valence-electron chi connectivity index (χ3n) is 4.56. The SMILES string of the molecule is COc1ccc(Cl)cc1S(=O)(=O)N[C@@H](C)C(=O)N1CCc2ccccc2C1. The zero-order valence-electron chi connectivity index (χ0n) is 15.1. The van der Waals surface area contributed by atoms with Crippen LogP contribution in [0.5, 0.6) is 5.75 Å². The second kappa shape index (κ2) is 7.88. The van der Waals surface area contributed by atoms with Crippen molar-refractivity contribution in [1.29, 1.82) is 0 Å². The summed E-state index contributed by atoms with van der Waals surface area (Å²) in [5, 5.41) is 0.266. The maximum Gasteiger partial charge on any atom is 0.245 e. The van der Waals surface area contributed by atoms with Gasteiger partial charge in [-0.3, -0.25) is 4.79 Å². The second-order valence-electron chi connectivity index (χ2n) is 6.42. The number of rotatable bonds is 5. The van der Waals surface area contributed by atoms with Gasteiger partial charge in [-0.05, 0) is 42.7 Å². The molecule has 1 atom stereocenters. The van der Waals surface area contributed by atoms with Gasteiger partial charge in [0.25, 0.3) is 0 Å². The van der Waals surface area contributed by atoms with Crippen molar-refractivity contribution in [2.75, 3.05) is 13.7 Å². The molecular weight excluding hydrogens is 388 g/mol. The summed E-state index contributed by atoms with van der Waals surface area (Å²) in [5.74, 6) is -0.104. The van der Waals surface area contributed by atoms with Gasteiger partial charge in [-0.25, -0.2) is 8.42 Å². The zero-order chi connectivity index (χ0) is 19.6. The molecule has 2 aromatic rings. The quantitative estimate of drug-likeness (QED) is 0.825. The monoisotopic (exact) mass is 408 g/mol. The first-order valence-corrected chi connectivity index (χ1v) is 10.4. The summed E-state index contributed by atoms with van der Waals surface area (Å²) in [6.07, 6.45) is 0.753. The van der Waals surface area contributed by atoms with Crippen LogP contribution < -0.4 is 9.46 Å². The van der Waals surface area contributed by atoms with Crippen LogP contribution in [0.1, 0.15) is 18.1 Å². The summed E-state index contributed by atoms with van der Waals surface area (Å²) in [6, 6.07) is 11.4. The van der Waals surface area contributed by atoms with Crippen LogP contribution in [-0.4, -0.2) is 38.9 Å². The van der Waals surface area contributed by atoms with Crippen LogP contribution in [0, 0.1) is 0 Å². The fraction of sp³-hybridized carbons (Fsp3) is 0.316. The molecule has 1 amide bonds. The van der Waals surface area contributed by atoms with Crippen LogP contribution in [0.4, 0.5) is 0 Å². The molecule has 27 heavy (non-hydrogen) atoms. The Morgan fingerprint density at radius 2 is 1.93 bits per heavy atom. The number of sulfonamides is 1. The first-order chi connectivity index (χ1) is 12.8. The molecule has 2 aromatic carbocycles. The van der Waals surface area contributed by atoms with Crippen molar-refractivity contribution in [2.24, 2.45) is 0 Å². The molecule has 1 aliphatic rings. The third-order valence-corrected chi connectivity index (χ3v) is 6.36. The number of ether oxygens (including phenoxy) is 1. The number of hydrogen-bond acceptors (Lipinski definition) is 4. The fourth-order valence-electron chi connectivity index (χ4n) is 3.16. The summed E-state index contributed by atoms with van der Waals surface area (Å²) in [5.41, 5.74) is 2.31. The Bertz CT molecular complexity index is 962. The third kappa shape index (κ3) is 4.26. The predicted octanol–water partition coefficient (Wildman–Crippen LogP) is 2.60. The molecule has 0 saturated carbocycles. The zero-order valence-corrected chi connectivity index (χ0v) is 16.7. The van der Waals surface area contributed by atoms with Crippen LogP contribution in [-0.2, 0) is 27.8 Å². The molecule has 0 aliphatic carbocycles. The molecule has 6 nitrogen and oxygen atoms in total. The lowest BCUT2D eigenvalue weighted by atomic mass is 9.99. The van der Waals surface area contributed by atoms with Crippen molar-refractivity contribution in [1.82, 2.24) is 9.62 Å².